The van der Waals surface area contributed by atoms with Gasteiger partial charge in [-0.3, -0.25) is 0 Å². The maximum atomic E-state index is 14.4. The average molecular weight is 326 g/mol. The quantitative estimate of drug-likeness (QED) is 0.591. The Morgan fingerprint density at radius 3 is 2.09 bits per heavy atom. The molecule has 3 aromatic rings. The Bertz CT molecular complexity index is 827. The van der Waals surface area contributed by atoms with Gasteiger partial charge in [0.2, 0.25) is 5.82 Å². The second-order valence-electron chi connectivity index (χ2n) is 5.20. The van der Waals surface area contributed by atoms with Crippen LogP contribution in [0.1, 0.15) is 25.8 Å². The van der Waals surface area contributed by atoms with Crippen LogP contribution in [0.3, 0.4) is 0 Å². The number of hydrogen-bond acceptors (Lipinski definition) is 2. The van der Waals surface area contributed by atoms with Gasteiger partial charge >= 0.3 is 0 Å². The third-order valence-corrected chi connectivity index (χ3v) is 3.67. The molecule has 0 amide bonds. The van der Waals surface area contributed by atoms with Gasteiger partial charge in [0.05, 0.1) is 17.4 Å². The highest BCUT2D eigenvalue weighted by Gasteiger charge is 2.25. The molecule has 1 heterocycles. The van der Waals surface area contributed by atoms with Crippen molar-refractivity contribution in [2.45, 2.75) is 26.7 Å². The molecule has 0 spiro atoms. The summed E-state index contributed by atoms with van der Waals surface area (Å²) in [4.78, 5) is 0. The number of hydrogen-bond donors (Lipinski definition) is 0. The third kappa shape index (κ3) is 2.33. The van der Waals surface area contributed by atoms with E-state index in [0.29, 0.717) is 12.8 Å². The normalized spacial score (nSPS) is 11.6. The molecular formula is C17H14F4O2. The fourth-order valence-electron chi connectivity index (χ4n) is 2.69. The summed E-state index contributed by atoms with van der Waals surface area (Å²) < 4.78 is 67.1. The van der Waals surface area contributed by atoms with E-state index in [2.05, 4.69) is 0 Å². The van der Waals surface area contributed by atoms with E-state index < -0.39 is 34.0 Å². The van der Waals surface area contributed by atoms with Gasteiger partial charge in [-0.05, 0) is 25.0 Å². The largest absolute Gasteiger partial charge is 0.491 e. The summed E-state index contributed by atoms with van der Waals surface area (Å²) in [6.07, 6.45) is 0.927. The van der Waals surface area contributed by atoms with E-state index in [4.69, 9.17) is 9.15 Å². The molecule has 0 unspecified atom stereocenters. The fraction of sp³-hybridized carbons (Fsp3) is 0.294. The molecule has 0 saturated heterocycles. The van der Waals surface area contributed by atoms with Gasteiger partial charge in [0.1, 0.15) is 11.2 Å². The van der Waals surface area contributed by atoms with E-state index in [1.807, 2.05) is 6.92 Å². The summed E-state index contributed by atoms with van der Waals surface area (Å²) in [5, 5.41) is -0.808. The van der Waals surface area contributed by atoms with Crippen LogP contribution in [-0.4, -0.2) is 6.61 Å². The first-order chi connectivity index (χ1) is 11.0. The zero-order valence-corrected chi connectivity index (χ0v) is 12.6. The zero-order chi connectivity index (χ0) is 16.7. The molecule has 0 aliphatic rings. The highest BCUT2D eigenvalue weighted by molar-refractivity contribution is 6.06. The molecule has 6 heteroatoms. The summed E-state index contributed by atoms with van der Waals surface area (Å²) >= 11 is 0. The molecular weight excluding hydrogens is 312 g/mol. The highest BCUT2D eigenvalue weighted by atomic mass is 19.2. The summed E-state index contributed by atoms with van der Waals surface area (Å²) in [7, 11) is 0. The Morgan fingerprint density at radius 2 is 1.48 bits per heavy atom. The predicted molar refractivity (Wildman–Crippen MR) is 78.7 cm³/mol. The van der Waals surface area contributed by atoms with Crippen molar-refractivity contribution in [1.82, 2.24) is 0 Å². The molecule has 0 atom stereocenters. The van der Waals surface area contributed by atoms with Crippen molar-refractivity contribution in [3.63, 3.8) is 0 Å². The van der Waals surface area contributed by atoms with Gasteiger partial charge in [0.15, 0.2) is 23.2 Å². The third-order valence-electron chi connectivity index (χ3n) is 3.67. The van der Waals surface area contributed by atoms with Crippen LogP contribution < -0.4 is 4.74 Å². The number of benzene rings is 2. The summed E-state index contributed by atoms with van der Waals surface area (Å²) in [6.45, 7) is 3.57. The lowest BCUT2D eigenvalue weighted by atomic mass is 10.0. The van der Waals surface area contributed by atoms with Crippen LogP contribution in [0.25, 0.3) is 21.9 Å². The van der Waals surface area contributed by atoms with Crippen LogP contribution in [0.5, 0.6) is 5.75 Å². The van der Waals surface area contributed by atoms with Gasteiger partial charge < -0.3 is 9.15 Å². The van der Waals surface area contributed by atoms with Crippen LogP contribution in [0.2, 0.25) is 0 Å². The second-order valence-corrected chi connectivity index (χ2v) is 5.20. The van der Waals surface area contributed by atoms with E-state index in [0.717, 1.165) is 6.07 Å². The van der Waals surface area contributed by atoms with E-state index in [9.17, 15) is 17.6 Å². The number of aryl methyl sites for hydroxylation is 1. The Hall–Kier alpha value is -2.24. The van der Waals surface area contributed by atoms with Crippen LogP contribution >= 0.6 is 0 Å². The molecule has 23 heavy (non-hydrogen) atoms. The molecule has 2 aromatic carbocycles. The highest BCUT2D eigenvalue weighted by Crippen LogP contribution is 2.38. The standard InChI is InChI=1S/C17H14F4O2/c1-3-5-8-6-9-12(16(20)14(8)18)13-10(23-9)7-11(22-4-2)15(19)17(13)21/h6-7H,3-5H2,1-2H3. The molecule has 3 rings (SSSR count). The number of furan rings is 1. The minimum absolute atomic E-state index is 0.0192. The van der Waals surface area contributed by atoms with E-state index >= 15 is 0 Å². The second kappa shape index (κ2) is 5.76. The molecule has 1 aromatic heterocycles. The zero-order valence-electron chi connectivity index (χ0n) is 12.6. The molecule has 2 nitrogen and oxygen atoms in total. The molecule has 0 aliphatic carbocycles. The van der Waals surface area contributed by atoms with E-state index in [1.165, 1.54) is 6.07 Å². The number of fused-ring (bicyclic) bond motifs is 3. The van der Waals surface area contributed by atoms with Gasteiger partial charge in [0, 0.05) is 6.07 Å². The first-order valence-electron chi connectivity index (χ1n) is 7.33. The first-order valence-corrected chi connectivity index (χ1v) is 7.33. The van der Waals surface area contributed by atoms with Gasteiger partial charge in [0.25, 0.3) is 0 Å². The summed E-state index contributed by atoms with van der Waals surface area (Å²) in [6, 6.07) is 2.48. The van der Waals surface area contributed by atoms with E-state index in [1.54, 1.807) is 6.92 Å². The number of halogens is 4. The van der Waals surface area contributed by atoms with Crippen molar-refractivity contribution < 1.29 is 26.7 Å². The summed E-state index contributed by atoms with van der Waals surface area (Å²) in [5.74, 6) is -5.18. The first kappa shape index (κ1) is 15.6. The monoisotopic (exact) mass is 326 g/mol. The molecule has 0 aliphatic heterocycles. The SMILES string of the molecule is CCCc1cc2oc3cc(OCC)c(F)c(F)c3c2c(F)c1F. The van der Waals surface area contributed by atoms with Crippen LogP contribution in [-0.2, 0) is 6.42 Å². The smallest absolute Gasteiger partial charge is 0.201 e. The number of rotatable bonds is 4. The molecule has 0 fully saturated rings. The topological polar surface area (TPSA) is 22.4 Å². The van der Waals surface area contributed by atoms with Crippen molar-refractivity contribution in [2.24, 2.45) is 0 Å². The molecule has 122 valence electrons. The maximum absolute atomic E-state index is 14.4. The molecule has 0 saturated carbocycles. The molecule has 0 N–H and O–H groups in total. The minimum atomic E-state index is -1.31. The van der Waals surface area contributed by atoms with Crippen LogP contribution in [0, 0.1) is 23.3 Å². The van der Waals surface area contributed by atoms with E-state index in [-0.39, 0.29) is 29.1 Å². The molecule has 0 bridgehead atoms. The lowest BCUT2D eigenvalue weighted by Crippen LogP contribution is -1.98. The summed E-state index contributed by atoms with van der Waals surface area (Å²) in [5.41, 5.74) is 0.0334. The molecule has 0 radical (unpaired) electrons. The number of ether oxygens (including phenoxy) is 1. The van der Waals surface area contributed by atoms with Gasteiger partial charge in [-0.25, -0.2) is 13.2 Å². The Morgan fingerprint density at radius 1 is 0.870 bits per heavy atom. The van der Waals surface area contributed by atoms with Crippen molar-refractivity contribution in [3.05, 3.63) is 41.0 Å². The Labute approximate surface area is 129 Å². The van der Waals surface area contributed by atoms with Gasteiger partial charge in [-0.15, -0.1) is 0 Å². The lowest BCUT2D eigenvalue weighted by molar-refractivity contribution is 0.315. The van der Waals surface area contributed by atoms with Crippen molar-refractivity contribution in [3.8, 4) is 5.75 Å². The lowest BCUT2D eigenvalue weighted by Gasteiger charge is -2.06. The fourth-order valence-corrected chi connectivity index (χ4v) is 2.69. The van der Waals surface area contributed by atoms with Gasteiger partial charge in [-0.2, -0.15) is 4.39 Å². The minimum Gasteiger partial charge on any atom is -0.491 e. The van der Waals surface area contributed by atoms with Crippen molar-refractivity contribution >= 4 is 21.9 Å². The van der Waals surface area contributed by atoms with Crippen LogP contribution in [0.4, 0.5) is 17.6 Å². The Balaban J connectivity index is 2.40. The van der Waals surface area contributed by atoms with Gasteiger partial charge in [-0.1, -0.05) is 13.3 Å². The van der Waals surface area contributed by atoms with Crippen LogP contribution in [0.15, 0.2) is 16.5 Å². The maximum Gasteiger partial charge on any atom is 0.201 e. The van der Waals surface area contributed by atoms with Crippen molar-refractivity contribution in [1.29, 1.82) is 0 Å². The predicted octanol–water partition coefficient (Wildman–Crippen LogP) is 5.49. The average Bonchev–Trinajstić information content (AvgIpc) is 2.88. The van der Waals surface area contributed by atoms with Crippen molar-refractivity contribution in [2.75, 3.05) is 6.61 Å². The Kier molecular flexibility index (Phi) is 3.92.